The molecule has 0 aliphatic rings. The van der Waals surface area contributed by atoms with Gasteiger partial charge in [0, 0.05) is 46.5 Å². The Labute approximate surface area is 289 Å². The van der Waals surface area contributed by atoms with Crippen LogP contribution in [0.1, 0.15) is 0 Å². The van der Waals surface area contributed by atoms with Crippen LogP contribution in [0.3, 0.4) is 0 Å². The lowest BCUT2D eigenvalue weighted by molar-refractivity contribution is 1.33. The molecule has 0 N–H and O–H groups in total. The van der Waals surface area contributed by atoms with Gasteiger partial charge in [-0.05, 0) is 102 Å². The maximum Gasteiger partial charge on any atom is 0.0794 e. The summed E-state index contributed by atoms with van der Waals surface area (Å²) in [5.74, 6) is 0. The summed E-state index contributed by atoms with van der Waals surface area (Å²) in [5, 5.41) is 9.49. The molecular weight excluding hydrogens is 607 g/mol. The van der Waals surface area contributed by atoms with E-state index in [0.717, 1.165) is 44.1 Å². The van der Waals surface area contributed by atoms with Gasteiger partial charge < -0.3 is 0 Å². The smallest absolute Gasteiger partial charge is 0.0794 e. The summed E-state index contributed by atoms with van der Waals surface area (Å²) in [6, 6.07) is 54.5. The monoisotopic (exact) mass is 635 g/mol. The SMILES string of the molecule is c1ccc(-c2c3ccc(-c4ccc5c(-c6ccncc6)c6ccccc6c(-c6ccncc6)c5c4)cc3nc3c2ccc2ccccc23)cc1. The van der Waals surface area contributed by atoms with Gasteiger partial charge in [-0.2, -0.15) is 0 Å². The molecule has 50 heavy (non-hydrogen) atoms. The van der Waals surface area contributed by atoms with Crippen LogP contribution in [0.4, 0.5) is 0 Å². The predicted molar refractivity (Wildman–Crippen MR) is 209 cm³/mol. The van der Waals surface area contributed by atoms with E-state index < -0.39 is 0 Å². The average Bonchev–Trinajstić information content (AvgIpc) is 3.19. The molecule has 0 saturated carbocycles. The summed E-state index contributed by atoms with van der Waals surface area (Å²) in [4.78, 5) is 14.1. The van der Waals surface area contributed by atoms with E-state index in [2.05, 4.69) is 162 Å². The second-order valence-corrected chi connectivity index (χ2v) is 12.8. The second-order valence-electron chi connectivity index (χ2n) is 12.8. The minimum absolute atomic E-state index is 0.982. The maximum absolute atomic E-state index is 5.39. The standard InChI is InChI=1S/C47H29N3/c1-2-9-31(10-3-1)46-40-18-16-35(29-43(40)50-47-36-11-5-4-8-30(36)14-19-41(46)47)34-15-17-39-42(28-34)45(33-22-26-49-27-23-33)38-13-7-6-12-37(38)44(39)32-20-24-48-25-21-32/h1-29H. The molecule has 232 valence electrons. The van der Waals surface area contributed by atoms with Gasteiger partial charge in [-0.15, -0.1) is 0 Å². The molecule has 0 aliphatic carbocycles. The van der Waals surface area contributed by atoms with Gasteiger partial charge in [-0.25, -0.2) is 4.98 Å². The van der Waals surface area contributed by atoms with Crippen molar-refractivity contribution in [2.24, 2.45) is 0 Å². The first-order chi connectivity index (χ1) is 24.8. The van der Waals surface area contributed by atoms with Gasteiger partial charge in [0.1, 0.15) is 0 Å². The van der Waals surface area contributed by atoms with Gasteiger partial charge in [0.15, 0.2) is 0 Å². The zero-order valence-electron chi connectivity index (χ0n) is 27.1. The van der Waals surface area contributed by atoms with Crippen molar-refractivity contribution in [3.8, 4) is 44.5 Å². The first kappa shape index (κ1) is 28.3. The van der Waals surface area contributed by atoms with E-state index in [-0.39, 0.29) is 0 Å². The largest absolute Gasteiger partial charge is 0.265 e. The Morgan fingerprint density at radius 3 is 1.50 bits per heavy atom. The number of hydrogen-bond donors (Lipinski definition) is 0. The molecule has 3 heteroatoms. The summed E-state index contributed by atoms with van der Waals surface area (Å²) >= 11 is 0. The number of aromatic nitrogens is 3. The quantitative estimate of drug-likeness (QED) is 0.143. The third-order valence-corrected chi connectivity index (χ3v) is 10.0. The Kier molecular flexibility index (Phi) is 6.49. The Bertz CT molecular complexity index is 2900. The minimum Gasteiger partial charge on any atom is -0.265 e. The third kappa shape index (κ3) is 4.48. The van der Waals surface area contributed by atoms with Crippen molar-refractivity contribution in [1.29, 1.82) is 0 Å². The van der Waals surface area contributed by atoms with Crippen LogP contribution in [0, 0.1) is 0 Å². The van der Waals surface area contributed by atoms with Crippen LogP contribution in [-0.2, 0) is 0 Å². The average molecular weight is 636 g/mol. The lowest BCUT2D eigenvalue weighted by atomic mass is 9.85. The van der Waals surface area contributed by atoms with Crippen LogP contribution in [0.25, 0.3) is 98.6 Å². The zero-order valence-corrected chi connectivity index (χ0v) is 27.1. The van der Waals surface area contributed by atoms with Crippen molar-refractivity contribution in [1.82, 2.24) is 15.0 Å². The summed E-state index contributed by atoms with van der Waals surface area (Å²) in [5.41, 5.74) is 11.4. The van der Waals surface area contributed by atoms with Crippen molar-refractivity contribution in [2.45, 2.75) is 0 Å². The third-order valence-electron chi connectivity index (χ3n) is 10.0. The van der Waals surface area contributed by atoms with E-state index in [4.69, 9.17) is 4.98 Å². The van der Waals surface area contributed by atoms with E-state index >= 15 is 0 Å². The van der Waals surface area contributed by atoms with Gasteiger partial charge in [-0.3, -0.25) is 9.97 Å². The molecule has 0 saturated heterocycles. The van der Waals surface area contributed by atoms with Gasteiger partial charge in [0.25, 0.3) is 0 Å². The fourth-order valence-corrected chi connectivity index (χ4v) is 7.79. The highest BCUT2D eigenvalue weighted by Crippen LogP contribution is 2.45. The predicted octanol–water partition coefficient (Wildman–Crippen LogP) is 12.3. The Morgan fingerprint density at radius 1 is 0.300 bits per heavy atom. The molecule has 0 bridgehead atoms. The Balaban J connectivity index is 1.27. The highest BCUT2D eigenvalue weighted by Gasteiger charge is 2.19. The lowest BCUT2D eigenvalue weighted by Gasteiger charge is -2.19. The molecule has 3 nitrogen and oxygen atoms in total. The van der Waals surface area contributed by atoms with E-state index in [1.807, 2.05) is 24.8 Å². The Morgan fingerprint density at radius 2 is 0.800 bits per heavy atom. The summed E-state index contributed by atoms with van der Waals surface area (Å²) in [7, 11) is 0. The number of fused-ring (bicyclic) bond motifs is 6. The van der Waals surface area contributed by atoms with Gasteiger partial charge >= 0.3 is 0 Å². The molecule has 0 radical (unpaired) electrons. The highest BCUT2D eigenvalue weighted by molar-refractivity contribution is 6.22. The molecule has 10 rings (SSSR count). The van der Waals surface area contributed by atoms with Crippen molar-refractivity contribution in [3.63, 3.8) is 0 Å². The first-order valence-corrected chi connectivity index (χ1v) is 16.9. The molecule has 7 aromatic carbocycles. The van der Waals surface area contributed by atoms with E-state index in [1.165, 1.54) is 54.6 Å². The van der Waals surface area contributed by atoms with Gasteiger partial charge in [0.2, 0.25) is 0 Å². The van der Waals surface area contributed by atoms with Crippen LogP contribution in [0.2, 0.25) is 0 Å². The fraction of sp³-hybridized carbons (Fsp3) is 0. The molecule has 0 aliphatic heterocycles. The normalized spacial score (nSPS) is 11.6. The molecule has 3 heterocycles. The molecule has 0 amide bonds. The first-order valence-electron chi connectivity index (χ1n) is 16.9. The number of hydrogen-bond acceptors (Lipinski definition) is 3. The van der Waals surface area contributed by atoms with Crippen LogP contribution >= 0.6 is 0 Å². The van der Waals surface area contributed by atoms with Crippen LogP contribution in [0.15, 0.2) is 176 Å². The van der Waals surface area contributed by atoms with E-state index in [0.29, 0.717) is 0 Å². The van der Waals surface area contributed by atoms with Gasteiger partial charge in [0.05, 0.1) is 11.0 Å². The summed E-state index contributed by atoms with van der Waals surface area (Å²) < 4.78 is 0. The second kappa shape index (κ2) is 11.5. The molecule has 10 aromatic rings. The van der Waals surface area contributed by atoms with Crippen LogP contribution < -0.4 is 0 Å². The highest BCUT2D eigenvalue weighted by atomic mass is 14.7. The van der Waals surface area contributed by atoms with Crippen LogP contribution in [0.5, 0.6) is 0 Å². The number of pyridine rings is 3. The molecular formula is C47H29N3. The van der Waals surface area contributed by atoms with Crippen molar-refractivity contribution in [2.75, 3.05) is 0 Å². The lowest BCUT2D eigenvalue weighted by Crippen LogP contribution is -1.93. The Hall–Kier alpha value is -6.71. The number of benzene rings is 7. The molecule has 0 atom stereocenters. The number of rotatable bonds is 4. The van der Waals surface area contributed by atoms with Crippen LogP contribution in [-0.4, -0.2) is 15.0 Å². The van der Waals surface area contributed by atoms with Crippen molar-refractivity contribution in [3.05, 3.63) is 176 Å². The molecule has 0 fully saturated rings. The molecule has 0 unspecified atom stereocenters. The van der Waals surface area contributed by atoms with E-state index in [1.54, 1.807) is 0 Å². The number of nitrogens with zero attached hydrogens (tertiary/aromatic N) is 3. The maximum atomic E-state index is 5.39. The van der Waals surface area contributed by atoms with Crippen molar-refractivity contribution < 1.29 is 0 Å². The minimum atomic E-state index is 0.982. The van der Waals surface area contributed by atoms with Gasteiger partial charge in [-0.1, -0.05) is 115 Å². The topological polar surface area (TPSA) is 38.7 Å². The summed E-state index contributed by atoms with van der Waals surface area (Å²) in [6.07, 6.45) is 7.51. The molecule has 0 spiro atoms. The fourth-order valence-electron chi connectivity index (χ4n) is 7.79. The zero-order chi connectivity index (χ0) is 33.0. The molecule has 3 aromatic heterocycles. The summed E-state index contributed by atoms with van der Waals surface area (Å²) in [6.45, 7) is 0. The van der Waals surface area contributed by atoms with E-state index in [9.17, 15) is 0 Å². The van der Waals surface area contributed by atoms with Crippen molar-refractivity contribution >= 4 is 54.1 Å².